The molecule has 0 unspecified atom stereocenters. The van der Waals surface area contributed by atoms with Crippen LogP contribution in [0.25, 0.3) is 11.8 Å². The molecule has 2 rings (SSSR count). The lowest BCUT2D eigenvalue weighted by Crippen LogP contribution is -2.04. The van der Waals surface area contributed by atoms with E-state index < -0.39 is 0 Å². The quantitative estimate of drug-likeness (QED) is 0.736. The van der Waals surface area contributed by atoms with Gasteiger partial charge in [0.25, 0.3) is 0 Å². The van der Waals surface area contributed by atoms with Crippen molar-refractivity contribution in [2.24, 2.45) is 0 Å². The first-order valence-electron chi connectivity index (χ1n) is 4.64. The van der Waals surface area contributed by atoms with Gasteiger partial charge in [-0.2, -0.15) is 0 Å². The summed E-state index contributed by atoms with van der Waals surface area (Å²) in [5.41, 5.74) is 2.38. The van der Waals surface area contributed by atoms with Crippen molar-refractivity contribution < 1.29 is 14.9 Å². The number of benzene rings is 1. The number of rotatable bonds is 1. The fourth-order valence-corrected chi connectivity index (χ4v) is 1.70. The van der Waals surface area contributed by atoms with Gasteiger partial charge in [0.1, 0.15) is 23.9 Å². The number of aliphatic hydroxyl groups excluding tert-OH is 1. The average molecular weight is 204 g/mol. The van der Waals surface area contributed by atoms with Crippen molar-refractivity contribution in [2.45, 2.75) is 6.92 Å². The summed E-state index contributed by atoms with van der Waals surface area (Å²) in [4.78, 5) is 0. The lowest BCUT2D eigenvalue weighted by Gasteiger charge is -2.20. The molecule has 1 aliphatic rings. The minimum atomic E-state index is -0.173. The molecule has 1 aliphatic heterocycles. The van der Waals surface area contributed by atoms with E-state index in [1.807, 2.05) is 13.0 Å². The van der Waals surface area contributed by atoms with Gasteiger partial charge in [0.2, 0.25) is 0 Å². The van der Waals surface area contributed by atoms with Gasteiger partial charge in [-0.3, -0.25) is 0 Å². The number of aliphatic hydroxyl groups is 1. The molecule has 0 amide bonds. The maximum absolute atomic E-state index is 9.73. The second kappa shape index (κ2) is 3.44. The molecule has 3 nitrogen and oxygen atoms in total. The number of ether oxygens (including phenoxy) is 1. The predicted octanol–water partition coefficient (Wildman–Crippen LogP) is 2.03. The van der Waals surface area contributed by atoms with Gasteiger partial charge in [-0.25, -0.2) is 0 Å². The van der Waals surface area contributed by atoms with E-state index in [2.05, 4.69) is 6.58 Å². The maximum atomic E-state index is 9.73. The summed E-state index contributed by atoms with van der Waals surface area (Å²) in [7, 11) is 0. The Labute approximate surface area is 87.9 Å². The third-order valence-electron chi connectivity index (χ3n) is 2.30. The van der Waals surface area contributed by atoms with Crippen molar-refractivity contribution in [2.75, 3.05) is 6.61 Å². The fraction of sp³-hybridized carbons (Fsp3) is 0.167. The highest BCUT2D eigenvalue weighted by atomic mass is 16.5. The number of aryl methyl sites for hydroxylation is 1. The highest BCUT2D eigenvalue weighted by Crippen LogP contribution is 2.36. The third kappa shape index (κ3) is 1.62. The normalized spacial score (nSPS) is 14.3. The number of fused-ring (bicyclic) bond motifs is 1. The zero-order chi connectivity index (χ0) is 11.0. The number of aromatic hydroxyl groups is 1. The Hall–Kier alpha value is -1.74. The van der Waals surface area contributed by atoms with Crippen LogP contribution in [-0.2, 0) is 4.74 Å². The Bertz CT molecular complexity index is 458. The molecule has 0 saturated carbocycles. The molecule has 15 heavy (non-hydrogen) atoms. The molecule has 1 heterocycles. The standard InChI is InChI=1S/C12H12O3/c1-7-3-9-5-10(6-13)15-8(2)12(9)11(14)4-7/h3-5,13-14H,2,6H2,1H3. The van der Waals surface area contributed by atoms with E-state index in [4.69, 9.17) is 9.84 Å². The van der Waals surface area contributed by atoms with Crippen molar-refractivity contribution in [3.63, 3.8) is 0 Å². The van der Waals surface area contributed by atoms with E-state index in [-0.39, 0.29) is 12.4 Å². The number of phenols is 1. The van der Waals surface area contributed by atoms with E-state index >= 15 is 0 Å². The van der Waals surface area contributed by atoms with Crippen molar-refractivity contribution in [3.8, 4) is 5.75 Å². The topological polar surface area (TPSA) is 49.7 Å². The Kier molecular flexibility index (Phi) is 2.25. The SMILES string of the molecule is C=C1OC(CO)=Cc2cc(C)cc(O)c21. The van der Waals surface area contributed by atoms with Gasteiger partial charge in [0.05, 0.1) is 5.56 Å². The van der Waals surface area contributed by atoms with Gasteiger partial charge in [-0.05, 0) is 30.2 Å². The van der Waals surface area contributed by atoms with Crippen LogP contribution in [-0.4, -0.2) is 16.8 Å². The number of phenolic OH excluding ortho intramolecular Hbond substituents is 1. The molecule has 0 bridgehead atoms. The van der Waals surface area contributed by atoms with Gasteiger partial charge in [-0.15, -0.1) is 0 Å². The van der Waals surface area contributed by atoms with E-state index in [9.17, 15) is 5.11 Å². The molecular weight excluding hydrogens is 192 g/mol. The van der Waals surface area contributed by atoms with Gasteiger partial charge in [0, 0.05) is 0 Å². The maximum Gasteiger partial charge on any atom is 0.131 e. The fourth-order valence-electron chi connectivity index (χ4n) is 1.70. The van der Waals surface area contributed by atoms with Crippen LogP contribution < -0.4 is 0 Å². The third-order valence-corrected chi connectivity index (χ3v) is 2.30. The predicted molar refractivity (Wildman–Crippen MR) is 58.0 cm³/mol. The Morgan fingerprint density at radius 1 is 1.40 bits per heavy atom. The van der Waals surface area contributed by atoms with Gasteiger partial charge >= 0.3 is 0 Å². The molecule has 0 saturated heterocycles. The van der Waals surface area contributed by atoms with Gasteiger partial charge in [0.15, 0.2) is 0 Å². The van der Waals surface area contributed by atoms with Crippen LogP contribution in [0.4, 0.5) is 0 Å². The molecule has 2 N–H and O–H groups in total. The van der Waals surface area contributed by atoms with E-state index in [1.165, 1.54) is 0 Å². The molecule has 0 atom stereocenters. The van der Waals surface area contributed by atoms with Gasteiger partial charge in [-0.1, -0.05) is 12.6 Å². The summed E-state index contributed by atoms with van der Waals surface area (Å²) >= 11 is 0. The molecule has 0 aliphatic carbocycles. The first-order chi connectivity index (χ1) is 7.11. The Morgan fingerprint density at radius 2 is 2.13 bits per heavy atom. The first-order valence-corrected chi connectivity index (χ1v) is 4.64. The van der Waals surface area contributed by atoms with Crippen LogP contribution >= 0.6 is 0 Å². The largest absolute Gasteiger partial charge is 0.507 e. The van der Waals surface area contributed by atoms with Crippen LogP contribution in [0, 0.1) is 6.92 Å². The van der Waals surface area contributed by atoms with Crippen molar-refractivity contribution in [1.82, 2.24) is 0 Å². The van der Waals surface area contributed by atoms with Crippen molar-refractivity contribution in [1.29, 1.82) is 0 Å². The summed E-state index contributed by atoms with van der Waals surface area (Å²) in [5, 5.41) is 18.7. The summed E-state index contributed by atoms with van der Waals surface area (Å²) in [6, 6.07) is 3.57. The number of hydrogen-bond donors (Lipinski definition) is 2. The zero-order valence-corrected chi connectivity index (χ0v) is 8.45. The molecule has 0 aromatic heterocycles. The minimum Gasteiger partial charge on any atom is -0.507 e. The smallest absolute Gasteiger partial charge is 0.131 e. The number of hydrogen-bond acceptors (Lipinski definition) is 3. The molecule has 3 heteroatoms. The van der Waals surface area contributed by atoms with E-state index in [0.29, 0.717) is 17.1 Å². The average Bonchev–Trinajstić information content (AvgIpc) is 2.15. The van der Waals surface area contributed by atoms with Crippen LogP contribution in [0.2, 0.25) is 0 Å². The van der Waals surface area contributed by atoms with Crippen LogP contribution in [0.1, 0.15) is 16.7 Å². The lowest BCUT2D eigenvalue weighted by molar-refractivity contribution is 0.248. The molecule has 78 valence electrons. The molecule has 0 spiro atoms. The zero-order valence-electron chi connectivity index (χ0n) is 8.45. The molecular formula is C12H12O3. The Morgan fingerprint density at radius 3 is 2.80 bits per heavy atom. The minimum absolute atomic E-state index is 0.156. The van der Waals surface area contributed by atoms with Gasteiger partial charge < -0.3 is 14.9 Å². The molecule has 1 aromatic rings. The van der Waals surface area contributed by atoms with Crippen LogP contribution in [0.15, 0.2) is 24.5 Å². The molecule has 0 radical (unpaired) electrons. The summed E-state index contributed by atoms with van der Waals surface area (Å²) < 4.78 is 5.24. The highest BCUT2D eigenvalue weighted by Gasteiger charge is 2.18. The monoisotopic (exact) mass is 204 g/mol. The second-order valence-corrected chi connectivity index (χ2v) is 3.54. The Balaban J connectivity index is 2.64. The van der Waals surface area contributed by atoms with Crippen molar-refractivity contribution in [3.05, 3.63) is 41.2 Å². The summed E-state index contributed by atoms with van der Waals surface area (Å²) in [5.74, 6) is 0.967. The van der Waals surface area contributed by atoms with E-state index in [1.54, 1.807) is 12.1 Å². The lowest BCUT2D eigenvalue weighted by atomic mass is 9.99. The van der Waals surface area contributed by atoms with Crippen LogP contribution in [0.5, 0.6) is 5.75 Å². The second-order valence-electron chi connectivity index (χ2n) is 3.54. The summed E-state index contributed by atoms with van der Waals surface area (Å²) in [6.07, 6.45) is 1.71. The van der Waals surface area contributed by atoms with E-state index in [0.717, 1.165) is 11.1 Å². The highest BCUT2D eigenvalue weighted by molar-refractivity contribution is 5.78. The van der Waals surface area contributed by atoms with Crippen LogP contribution in [0.3, 0.4) is 0 Å². The molecule has 1 aromatic carbocycles. The molecule has 0 fully saturated rings. The summed E-state index contributed by atoms with van der Waals surface area (Å²) in [6.45, 7) is 5.43. The first kappa shape index (κ1) is 9.80. The van der Waals surface area contributed by atoms with Crippen molar-refractivity contribution >= 4 is 11.8 Å².